The van der Waals surface area contributed by atoms with Gasteiger partial charge in [-0.25, -0.2) is 9.59 Å². The zero-order chi connectivity index (χ0) is 16.5. The van der Waals surface area contributed by atoms with E-state index in [4.69, 9.17) is 15.2 Å². The fraction of sp³-hybridized carbons (Fsp3) is 0.375. The molecule has 1 aromatic carbocycles. The van der Waals surface area contributed by atoms with Crippen molar-refractivity contribution in [1.29, 1.82) is 0 Å². The van der Waals surface area contributed by atoms with Crippen molar-refractivity contribution >= 4 is 29.5 Å². The van der Waals surface area contributed by atoms with Crippen LogP contribution in [-0.4, -0.2) is 25.3 Å². The van der Waals surface area contributed by atoms with Crippen LogP contribution < -0.4 is 11.1 Å². The van der Waals surface area contributed by atoms with E-state index in [0.717, 1.165) is 0 Å². The zero-order valence-corrected chi connectivity index (χ0v) is 13.1. The maximum atomic E-state index is 11.6. The summed E-state index contributed by atoms with van der Waals surface area (Å²) >= 11 is 0. The van der Waals surface area contributed by atoms with Crippen molar-refractivity contribution in [3.8, 4) is 0 Å². The molecule has 0 aromatic heterocycles. The van der Waals surface area contributed by atoms with Crippen LogP contribution in [0.4, 0.5) is 16.2 Å². The van der Waals surface area contributed by atoms with E-state index < -0.39 is 12.1 Å². The van der Waals surface area contributed by atoms with E-state index in [0.29, 0.717) is 23.5 Å². The number of nitrogens with two attached hydrogens (primary N) is 1. The number of hydrogen-bond acceptors (Lipinski definition) is 5. The van der Waals surface area contributed by atoms with Crippen LogP contribution in [-0.2, 0) is 14.3 Å². The van der Waals surface area contributed by atoms with Crippen LogP contribution in [0.3, 0.4) is 0 Å². The van der Waals surface area contributed by atoms with Crippen molar-refractivity contribution in [2.45, 2.75) is 20.8 Å². The Bertz CT molecular complexity index is 553. The number of hydrogen-bond donors (Lipinski definition) is 2. The molecule has 22 heavy (non-hydrogen) atoms. The Morgan fingerprint density at radius 3 is 2.68 bits per heavy atom. The molecular formula is C16H22N2O4. The molecule has 0 aliphatic rings. The summed E-state index contributed by atoms with van der Waals surface area (Å²) in [5.74, 6) is -0.164. The van der Waals surface area contributed by atoms with Crippen LogP contribution in [0, 0.1) is 5.92 Å². The van der Waals surface area contributed by atoms with Gasteiger partial charge in [0.15, 0.2) is 0 Å². The maximum absolute atomic E-state index is 11.6. The number of carbonyl (C=O) groups is 2. The van der Waals surface area contributed by atoms with E-state index in [1.807, 2.05) is 13.8 Å². The van der Waals surface area contributed by atoms with Gasteiger partial charge in [-0.3, -0.25) is 5.32 Å². The van der Waals surface area contributed by atoms with Crippen molar-refractivity contribution in [2.24, 2.45) is 5.92 Å². The molecule has 0 heterocycles. The van der Waals surface area contributed by atoms with Crippen LogP contribution in [0.15, 0.2) is 24.3 Å². The van der Waals surface area contributed by atoms with Crippen LogP contribution in [0.25, 0.3) is 6.08 Å². The van der Waals surface area contributed by atoms with E-state index in [9.17, 15) is 9.59 Å². The lowest BCUT2D eigenvalue weighted by molar-refractivity contribution is -0.138. The molecule has 0 atom stereocenters. The van der Waals surface area contributed by atoms with Gasteiger partial charge in [-0.05, 0) is 36.6 Å². The molecule has 1 aromatic rings. The predicted octanol–water partition coefficient (Wildman–Crippen LogP) is 3.05. The summed E-state index contributed by atoms with van der Waals surface area (Å²) in [5.41, 5.74) is 7.29. The average molecular weight is 306 g/mol. The molecule has 3 N–H and O–H groups in total. The fourth-order valence-electron chi connectivity index (χ4n) is 1.56. The third-order valence-electron chi connectivity index (χ3n) is 2.55. The quantitative estimate of drug-likeness (QED) is 0.479. The Balaban J connectivity index is 2.80. The molecule has 0 saturated heterocycles. The van der Waals surface area contributed by atoms with Gasteiger partial charge < -0.3 is 15.2 Å². The number of rotatable bonds is 6. The lowest BCUT2D eigenvalue weighted by atomic mass is 10.1. The lowest BCUT2D eigenvalue weighted by Gasteiger charge is -2.09. The summed E-state index contributed by atoms with van der Waals surface area (Å²) in [4.78, 5) is 23.1. The van der Waals surface area contributed by atoms with Gasteiger partial charge in [-0.15, -0.1) is 0 Å². The molecule has 1 rings (SSSR count). The van der Waals surface area contributed by atoms with Crippen LogP contribution in [0.2, 0.25) is 0 Å². The van der Waals surface area contributed by atoms with Crippen LogP contribution in [0.1, 0.15) is 26.3 Å². The van der Waals surface area contributed by atoms with Crippen LogP contribution >= 0.6 is 0 Å². The molecule has 0 saturated carbocycles. The molecule has 0 unspecified atom stereocenters. The molecule has 0 spiro atoms. The number of benzene rings is 1. The first-order valence-electron chi connectivity index (χ1n) is 7.10. The highest BCUT2D eigenvalue weighted by Gasteiger charge is 2.07. The highest BCUT2D eigenvalue weighted by Crippen LogP contribution is 2.21. The molecule has 6 nitrogen and oxygen atoms in total. The van der Waals surface area contributed by atoms with E-state index in [1.165, 1.54) is 6.08 Å². The first-order valence-corrected chi connectivity index (χ1v) is 7.10. The molecule has 0 aliphatic heterocycles. The molecule has 1 amide bonds. The third kappa shape index (κ3) is 6.30. The summed E-state index contributed by atoms with van der Waals surface area (Å²) in [7, 11) is 0. The SMILES string of the molecule is CCOC(=O)Nc1cc(N)ccc1/C=C/C(=O)OCC(C)C. The normalized spacial score (nSPS) is 10.7. The summed E-state index contributed by atoms with van der Waals surface area (Å²) in [6.45, 7) is 6.25. The first-order chi connectivity index (χ1) is 10.4. The van der Waals surface area contributed by atoms with E-state index in [-0.39, 0.29) is 12.5 Å². The average Bonchev–Trinajstić information content (AvgIpc) is 2.44. The van der Waals surface area contributed by atoms with Crippen molar-refractivity contribution in [2.75, 3.05) is 24.3 Å². The van der Waals surface area contributed by atoms with Gasteiger partial charge in [-0.1, -0.05) is 19.9 Å². The Morgan fingerprint density at radius 2 is 2.05 bits per heavy atom. The Morgan fingerprint density at radius 1 is 1.32 bits per heavy atom. The van der Waals surface area contributed by atoms with Gasteiger partial charge in [0, 0.05) is 11.8 Å². The highest BCUT2D eigenvalue weighted by atomic mass is 16.5. The monoisotopic (exact) mass is 306 g/mol. The fourth-order valence-corrected chi connectivity index (χ4v) is 1.56. The number of esters is 1. The number of anilines is 2. The smallest absolute Gasteiger partial charge is 0.411 e. The minimum Gasteiger partial charge on any atom is -0.462 e. The molecule has 6 heteroatoms. The molecule has 0 radical (unpaired) electrons. The van der Waals surface area contributed by atoms with Crippen LogP contribution in [0.5, 0.6) is 0 Å². The van der Waals surface area contributed by atoms with Gasteiger partial charge in [0.25, 0.3) is 0 Å². The number of ether oxygens (including phenoxy) is 2. The highest BCUT2D eigenvalue weighted by molar-refractivity contribution is 5.92. The van der Waals surface area contributed by atoms with Crippen molar-refractivity contribution in [1.82, 2.24) is 0 Å². The predicted molar refractivity (Wildman–Crippen MR) is 86.3 cm³/mol. The Hall–Kier alpha value is -2.50. The Labute approximate surface area is 130 Å². The summed E-state index contributed by atoms with van der Waals surface area (Å²) in [6.07, 6.45) is 2.29. The van der Waals surface area contributed by atoms with Crippen molar-refractivity contribution in [3.63, 3.8) is 0 Å². The third-order valence-corrected chi connectivity index (χ3v) is 2.55. The number of amides is 1. The second-order valence-corrected chi connectivity index (χ2v) is 5.05. The second kappa shape index (κ2) is 8.71. The number of nitrogens with one attached hydrogen (secondary N) is 1. The Kier molecular flexibility index (Phi) is 6.95. The van der Waals surface area contributed by atoms with E-state index in [1.54, 1.807) is 31.2 Å². The minimum atomic E-state index is -0.579. The number of carbonyl (C=O) groups excluding carboxylic acids is 2. The second-order valence-electron chi connectivity index (χ2n) is 5.05. The summed E-state index contributed by atoms with van der Waals surface area (Å²) in [5, 5.41) is 2.58. The largest absolute Gasteiger partial charge is 0.462 e. The summed E-state index contributed by atoms with van der Waals surface area (Å²) in [6, 6.07) is 4.97. The topological polar surface area (TPSA) is 90.6 Å². The molecule has 0 fully saturated rings. The molecule has 120 valence electrons. The molecule has 0 bridgehead atoms. The first kappa shape index (κ1) is 17.6. The minimum absolute atomic E-state index is 0.265. The van der Waals surface area contributed by atoms with Gasteiger partial charge in [0.2, 0.25) is 0 Å². The van der Waals surface area contributed by atoms with E-state index >= 15 is 0 Å². The maximum Gasteiger partial charge on any atom is 0.411 e. The van der Waals surface area contributed by atoms with Gasteiger partial charge in [-0.2, -0.15) is 0 Å². The zero-order valence-electron chi connectivity index (χ0n) is 13.1. The van der Waals surface area contributed by atoms with Gasteiger partial charge >= 0.3 is 12.1 Å². The lowest BCUT2D eigenvalue weighted by Crippen LogP contribution is -2.14. The molecule has 0 aliphatic carbocycles. The van der Waals surface area contributed by atoms with Gasteiger partial charge in [0.05, 0.1) is 18.9 Å². The van der Waals surface area contributed by atoms with Crippen molar-refractivity contribution < 1.29 is 19.1 Å². The molecular weight excluding hydrogens is 284 g/mol. The standard InChI is InChI=1S/C16H22N2O4/c1-4-21-16(20)18-14-9-13(17)7-5-12(14)6-8-15(19)22-10-11(2)3/h5-9,11H,4,10,17H2,1-3H3,(H,18,20)/b8-6+. The number of nitrogen functional groups attached to an aromatic ring is 1. The summed E-state index contributed by atoms with van der Waals surface area (Å²) < 4.78 is 9.87. The van der Waals surface area contributed by atoms with Gasteiger partial charge in [0.1, 0.15) is 0 Å². The van der Waals surface area contributed by atoms with Crippen molar-refractivity contribution in [3.05, 3.63) is 29.8 Å². The van der Waals surface area contributed by atoms with E-state index in [2.05, 4.69) is 5.32 Å².